The number of likely N-dealkylation sites (N-methyl/N-ethyl adjacent to an activating group) is 1. The summed E-state index contributed by atoms with van der Waals surface area (Å²) in [4.78, 5) is 14.0. The number of rotatable bonds is 7. The van der Waals surface area contributed by atoms with Gasteiger partial charge in [-0.2, -0.15) is 11.8 Å². The maximum Gasteiger partial charge on any atom is 0.260 e. The van der Waals surface area contributed by atoms with E-state index in [1.165, 1.54) is 0 Å². The smallest absolute Gasteiger partial charge is 0.260 e. The first-order valence-corrected chi connectivity index (χ1v) is 8.03. The Hall–Kier alpha value is -1.27. The standard InChI is InChI=1S/C14H20N2O2S2/c1-10(9-20-3)16(2)13(17)8-18-12-6-4-11(5-7-12)14(15)19/h4-7,10H,8-9H2,1-3H3,(H2,15,19). The van der Waals surface area contributed by atoms with Crippen LogP contribution in [0.1, 0.15) is 12.5 Å². The summed E-state index contributed by atoms with van der Waals surface area (Å²) in [5, 5.41) is 0. The van der Waals surface area contributed by atoms with Gasteiger partial charge in [0.2, 0.25) is 0 Å². The van der Waals surface area contributed by atoms with Gasteiger partial charge in [0.05, 0.1) is 0 Å². The normalized spacial score (nSPS) is 11.8. The molecule has 0 radical (unpaired) electrons. The second-order valence-corrected chi connectivity index (χ2v) is 5.84. The molecule has 2 N–H and O–H groups in total. The zero-order chi connectivity index (χ0) is 15.1. The number of hydrogen-bond acceptors (Lipinski definition) is 4. The molecule has 0 heterocycles. The van der Waals surface area contributed by atoms with Crippen LogP contribution < -0.4 is 10.5 Å². The number of thioether (sulfide) groups is 1. The van der Waals surface area contributed by atoms with Crippen molar-refractivity contribution >= 4 is 34.9 Å². The van der Waals surface area contributed by atoms with E-state index in [1.54, 1.807) is 48.0 Å². The third kappa shape index (κ3) is 5.02. The summed E-state index contributed by atoms with van der Waals surface area (Å²) in [5.74, 6) is 1.50. The van der Waals surface area contributed by atoms with E-state index in [9.17, 15) is 4.79 Å². The van der Waals surface area contributed by atoms with Crippen LogP contribution in [0.5, 0.6) is 5.75 Å². The molecule has 0 aromatic heterocycles. The summed E-state index contributed by atoms with van der Waals surface area (Å²) < 4.78 is 5.47. The Morgan fingerprint density at radius 1 is 1.45 bits per heavy atom. The topological polar surface area (TPSA) is 55.6 Å². The van der Waals surface area contributed by atoms with Gasteiger partial charge < -0.3 is 15.4 Å². The predicted molar refractivity (Wildman–Crippen MR) is 88.4 cm³/mol. The van der Waals surface area contributed by atoms with Crippen molar-refractivity contribution in [3.63, 3.8) is 0 Å². The predicted octanol–water partition coefficient (Wildman–Crippen LogP) is 1.91. The molecule has 0 spiro atoms. The van der Waals surface area contributed by atoms with Crippen molar-refractivity contribution in [3.05, 3.63) is 29.8 Å². The lowest BCUT2D eigenvalue weighted by Gasteiger charge is -2.24. The highest BCUT2D eigenvalue weighted by molar-refractivity contribution is 7.98. The van der Waals surface area contributed by atoms with Gasteiger partial charge in [-0.3, -0.25) is 4.79 Å². The molecule has 6 heteroatoms. The Labute approximate surface area is 129 Å². The number of nitrogens with zero attached hydrogens (tertiary/aromatic N) is 1. The van der Waals surface area contributed by atoms with Crippen LogP contribution in [-0.2, 0) is 4.79 Å². The average molecular weight is 312 g/mol. The average Bonchev–Trinajstić information content (AvgIpc) is 2.44. The Morgan fingerprint density at radius 3 is 2.55 bits per heavy atom. The summed E-state index contributed by atoms with van der Waals surface area (Å²) in [5.41, 5.74) is 6.30. The van der Waals surface area contributed by atoms with Crippen molar-refractivity contribution in [2.45, 2.75) is 13.0 Å². The Balaban J connectivity index is 2.50. The van der Waals surface area contributed by atoms with Gasteiger partial charge in [0, 0.05) is 24.4 Å². The van der Waals surface area contributed by atoms with E-state index < -0.39 is 0 Å². The van der Waals surface area contributed by atoms with Crippen molar-refractivity contribution in [1.29, 1.82) is 0 Å². The maximum absolute atomic E-state index is 12.0. The molecule has 0 aliphatic rings. The van der Waals surface area contributed by atoms with E-state index >= 15 is 0 Å². The fraction of sp³-hybridized carbons (Fsp3) is 0.429. The molecule has 20 heavy (non-hydrogen) atoms. The minimum atomic E-state index is -0.0371. The lowest BCUT2D eigenvalue weighted by atomic mass is 10.2. The molecule has 4 nitrogen and oxygen atoms in total. The maximum atomic E-state index is 12.0. The molecule has 0 bridgehead atoms. The Kier molecular flexibility index (Phi) is 6.81. The quantitative estimate of drug-likeness (QED) is 0.780. The van der Waals surface area contributed by atoms with E-state index in [4.69, 9.17) is 22.7 Å². The number of benzene rings is 1. The van der Waals surface area contributed by atoms with Gasteiger partial charge in [-0.15, -0.1) is 0 Å². The summed E-state index contributed by atoms with van der Waals surface area (Å²) in [6, 6.07) is 7.27. The third-order valence-corrected chi connectivity index (χ3v) is 4.02. The minimum Gasteiger partial charge on any atom is -0.484 e. The largest absolute Gasteiger partial charge is 0.484 e. The van der Waals surface area contributed by atoms with Crippen LogP contribution in [0, 0.1) is 0 Å². The highest BCUT2D eigenvalue weighted by Crippen LogP contribution is 2.12. The molecule has 0 aliphatic heterocycles. The van der Waals surface area contributed by atoms with Crippen molar-refractivity contribution < 1.29 is 9.53 Å². The summed E-state index contributed by atoms with van der Waals surface area (Å²) in [6.45, 7) is 2.05. The highest BCUT2D eigenvalue weighted by atomic mass is 32.2. The molecule has 0 aliphatic carbocycles. The molecule has 1 rings (SSSR count). The number of hydrogen-bond donors (Lipinski definition) is 1. The number of amides is 1. The second kappa shape index (κ2) is 8.11. The van der Waals surface area contributed by atoms with Crippen LogP contribution in [0.25, 0.3) is 0 Å². The first-order chi connectivity index (χ1) is 9.45. The molecule has 1 aromatic rings. The van der Waals surface area contributed by atoms with Crippen molar-refractivity contribution in [3.8, 4) is 5.75 Å². The first kappa shape index (κ1) is 16.8. The Morgan fingerprint density at radius 2 is 2.05 bits per heavy atom. The zero-order valence-corrected chi connectivity index (χ0v) is 13.6. The van der Waals surface area contributed by atoms with Gasteiger partial charge >= 0.3 is 0 Å². The lowest BCUT2D eigenvalue weighted by molar-refractivity contribution is -0.133. The molecule has 0 fully saturated rings. The van der Waals surface area contributed by atoms with Crippen molar-refractivity contribution in [1.82, 2.24) is 4.90 Å². The second-order valence-electron chi connectivity index (χ2n) is 4.49. The summed E-state index contributed by atoms with van der Waals surface area (Å²) in [6.07, 6.45) is 2.02. The molecule has 110 valence electrons. The fourth-order valence-electron chi connectivity index (χ4n) is 1.56. The van der Waals surface area contributed by atoms with Crippen LogP contribution in [0.15, 0.2) is 24.3 Å². The molecule has 0 saturated carbocycles. The van der Waals surface area contributed by atoms with Crippen molar-refractivity contribution in [2.24, 2.45) is 5.73 Å². The number of carbonyl (C=O) groups excluding carboxylic acids is 1. The van der Waals surface area contributed by atoms with E-state index in [0.29, 0.717) is 10.7 Å². The van der Waals surface area contributed by atoms with E-state index in [2.05, 4.69) is 0 Å². The molecule has 1 aromatic carbocycles. The fourth-order valence-corrected chi connectivity index (χ4v) is 2.40. The van der Waals surface area contributed by atoms with Gasteiger partial charge in [0.1, 0.15) is 10.7 Å². The van der Waals surface area contributed by atoms with E-state index in [1.807, 2.05) is 13.2 Å². The minimum absolute atomic E-state index is 0.0294. The Bertz CT molecular complexity index is 463. The number of thiocarbonyl (C=S) groups is 1. The van der Waals surface area contributed by atoms with E-state index in [0.717, 1.165) is 11.3 Å². The SMILES string of the molecule is CSCC(C)N(C)C(=O)COc1ccc(C(N)=S)cc1. The van der Waals surface area contributed by atoms with E-state index in [-0.39, 0.29) is 18.6 Å². The van der Waals surface area contributed by atoms with Gasteiger partial charge in [-0.05, 0) is 37.4 Å². The van der Waals surface area contributed by atoms with Crippen molar-refractivity contribution in [2.75, 3.05) is 25.7 Å². The van der Waals surface area contributed by atoms with Crippen LogP contribution in [0.3, 0.4) is 0 Å². The van der Waals surface area contributed by atoms with Crippen LogP contribution in [-0.4, -0.2) is 47.5 Å². The first-order valence-electron chi connectivity index (χ1n) is 6.23. The third-order valence-electron chi connectivity index (χ3n) is 2.96. The monoisotopic (exact) mass is 312 g/mol. The highest BCUT2D eigenvalue weighted by Gasteiger charge is 2.15. The number of nitrogens with two attached hydrogens (primary N) is 1. The van der Waals surface area contributed by atoms with Crippen LogP contribution in [0.2, 0.25) is 0 Å². The number of carbonyl (C=O) groups is 1. The van der Waals surface area contributed by atoms with Gasteiger partial charge in [0.15, 0.2) is 6.61 Å². The van der Waals surface area contributed by atoms with Gasteiger partial charge in [0.25, 0.3) is 5.91 Å². The molecule has 1 amide bonds. The molecule has 0 saturated heterocycles. The van der Waals surface area contributed by atoms with Crippen LogP contribution in [0.4, 0.5) is 0 Å². The van der Waals surface area contributed by atoms with Gasteiger partial charge in [-0.1, -0.05) is 12.2 Å². The van der Waals surface area contributed by atoms with Gasteiger partial charge in [-0.25, -0.2) is 0 Å². The summed E-state index contributed by atoms with van der Waals surface area (Å²) in [7, 11) is 1.79. The molecule has 1 unspecified atom stereocenters. The molecular weight excluding hydrogens is 292 g/mol. The zero-order valence-electron chi connectivity index (χ0n) is 12.0. The van der Waals surface area contributed by atoms with Crippen LogP contribution >= 0.6 is 24.0 Å². The lowest BCUT2D eigenvalue weighted by Crippen LogP contribution is -2.39. The summed E-state index contributed by atoms with van der Waals surface area (Å²) >= 11 is 6.59. The molecule has 1 atom stereocenters. The number of ether oxygens (including phenoxy) is 1. The molecular formula is C14H20N2O2S2.